The third-order valence-corrected chi connectivity index (χ3v) is 5.28. The quantitative estimate of drug-likeness (QED) is 0.697. The second-order valence-corrected chi connectivity index (χ2v) is 7.80. The number of hydroxylamine groups is 2. The van der Waals surface area contributed by atoms with E-state index in [2.05, 4.69) is 4.98 Å². The molecule has 0 bridgehead atoms. The van der Waals surface area contributed by atoms with Gasteiger partial charge >= 0.3 is 5.97 Å². The van der Waals surface area contributed by atoms with Crippen molar-refractivity contribution in [3.63, 3.8) is 0 Å². The van der Waals surface area contributed by atoms with E-state index in [1.165, 1.54) is 24.5 Å². The van der Waals surface area contributed by atoms with Crippen molar-refractivity contribution in [1.82, 2.24) is 10.0 Å². The first-order chi connectivity index (χ1) is 12.4. The normalized spacial score (nSPS) is 13.6. The Labute approximate surface area is 149 Å². The largest absolute Gasteiger partial charge is 0.334 e. The average Bonchev–Trinajstić information content (AvgIpc) is 2.86. The maximum absolute atomic E-state index is 12.1. The Morgan fingerprint density at radius 2 is 1.69 bits per heavy atom. The van der Waals surface area contributed by atoms with E-state index in [9.17, 15) is 22.8 Å². The van der Waals surface area contributed by atoms with Crippen LogP contribution >= 0.6 is 0 Å². The van der Waals surface area contributed by atoms with Crippen LogP contribution in [0.15, 0.2) is 48.8 Å². The molecule has 0 unspecified atom stereocenters. The molecule has 8 nitrogen and oxygen atoms in total. The molecule has 1 aromatic carbocycles. The molecule has 0 aliphatic carbocycles. The number of amides is 2. The van der Waals surface area contributed by atoms with E-state index >= 15 is 0 Å². The van der Waals surface area contributed by atoms with E-state index < -0.39 is 39.8 Å². The zero-order chi connectivity index (χ0) is 18.7. The molecule has 0 saturated carbocycles. The molecule has 0 spiro atoms. The molecule has 0 fully saturated rings. The van der Waals surface area contributed by atoms with Crippen molar-refractivity contribution >= 4 is 27.6 Å². The van der Waals surface area contributed by atoms with E-state index in [1.807, 2.05) is 0 Å². The molecular weight excluding hydrogens is 360 g/mol. The lowest BCUT2D eigenvalue weighted by Crippen LogP contribution is -2.33. The molecule has 0 radical (unpaired) electrons. The Kier molecular flexibility index (Phi) is 4.81. The summed E-state index contributed by atoms with van der Waals surface area (Å²) < 4.78 is 24.1. The second kappa shape index (κ2) is 7.04. The van der Waals surface area contributed by atoms with Gasteiger partial charge in [-0.25, -0.2) is 13.2 Å². The fourth-order valence-electron chi connectivity index (χ4n) is 2.45. The predicted molar refractivity (Wildman–Crippen MR) is 89.4 cm³/mol. The van der Waals surface area contributed by atoms with E-state index in [-0.39, 0.29) is 16.9 Å². The number of fused-ring (bicyclic) bond motifs is 1. The molecule has 3 rings (SSSR count). The standard InChI is InChI=1S/C17H14N2O6S/c20-15(7-9-26(23,24)11-12-4-3-8-18-10-12)25-19-16(21)13-5-1-2-6-14(13)17(19)22/h1-6,8,10H,7,9,11H2. The van der Waals surface area contributed by atoms with Crippen LogP contribution in [0.3, 0.4) is 0 Å². The number of hydrogen-bond donors (Lipinski definition) is 0. The summed E-state index contributed by atoms with van der Waals surface area (Å²) in [6.07, 6.45) is 2.47. The van der Waals surface area contributed by atoms with Crippen LogP contribution < -0.4 is 0 Å². The summed E-state index contributed by atoms with van der Waals surface area (Å²) in [4.78, 5) is 44.7. The van der Waals surface area contributed by atoms with Gasteiger partial charge in [-0.2, -0.15) is 0 Å². The number of rotatable bonds is 6. The fraction of sp³-hybridized carbons (Fsp3) is 0.176. The van der Waals surface area contributed by atoms with E-state index in [1.54, 1.807) is 24.3 Å². The zero-order valence-electron chi connectivity index (χ0n) is 13.5. The number of aromatic nitrogens is 1. The van der Waals surface area contributed by atoms with Crippen LogP contribution in [0.4, 0.5) is 0 Å². The van der Waals surface area contributed by atoms with E-state index in [4.69, 9.17) is 4.84 Å². The van der Waals surface area contributed by atoms with Gasteiger partial charge in [0.1, 0.15) is 0 Å². The van der Waals surface area contributed by atoms with Crippen LogP contribution in [-0.4, -0.2) is 42.0 Å². The lowest BCUT2D eigenvalue weighted by Gasteiger charge is -2.12. The Bertz CT molecular complexity index is 937. The number of pyridine rings is 1. The summed E-state index contributed by atoms with van der Waals surface area (Å²) in [6.45, 7) is 0. The Hall–Kier alpha value is -3.07. The molecule has 0 saturated heterocycles. The summed E-state index contributed by atoms with van der Waals surface area (Å²) in [6, 6.07) is 9.28. The third kappa shape index (κ3) is 3.77. The SMILES string of the molecule is O=C(CCS(=O)(=O)Cc1cccnc1)ON1C(=O)c2ccccc2C1=O. The number of carbonyl (C=O) groups excluding carboxylic acids is 3. The van der Waals surface area contributed by atoms with Gasteiger partial charge in [0, 0.05) is 12.4 Å². The van der Waals surface area contributed by atoms with Crippen molar-refractivity contribution in [3.8, 4) is 0 Å². The van der Waals surface area contributed by atoms with Crippen LogP contribution in [0.1, 0.15) is 32.7 Å². The van der Waals surface area contributed by atoms with Crippen LogP contribution in [0.2, 0.25) is 0 Å². The highest BCUT2D eigenvalue weighted by Gasteiger charge is 2.38. The summed E-state index contributed by atoms with van der Waals surface area (Å²) >= 11 is 0. The molecule has 2 amide bonds. The highest BCUT2D eigenvalue weighted by molar-refractivity contribution is 7.90. The van der Waals surface area contributed by atoms with Crippen LogP contribution in [-0.2, 0) is 25.2 Å². The fourth-order valence-corrected chi connectivity index (χ4v) is 3.75. The molecule has 1 aliphatic heterocycles. The Morgan fingerprint density at radius 1 is 1.04 bits per heavy atom. The summed E-state index contributed by atoms with van der Waals surface area (Å²) in [5, 5.41) is 0.362. The topological polar surface area (TPSA) is 111 Å². The van der Waals surface area contributed by atoms with Gasteiger partial charge in [0.15, 0.2) is 9.84 Å². The minimum absolute atomic E-state index is 0.134. The van der Waals surface area contributed by atoms with E-state index in [0.717, 1.165) is 0 Å². The Morgan fingerprint density at radius 3 is 2.27 bits per heavy atom. The maximum Gasteiger partial charge on any atom is 0.334 e. The van der Waals surface area contributed by atoms with Crippen molar-refractivity contribution < 1.29 is 27.6 Å². The number of benzene rings is 1. The lowest BCUT2D eigenvalue weighted by molar-refractivity contribution is -0.168. The van der Waals surface area contributed by atoms with Crippen molar-refractivity contribution in [2.75, 3.05) is 5.75 Å². The maximum atomic E-state index is 12.1. The van der Waals surface area contributed by atoms with Crippen LogP contribution in [0.5, 0.6) is 0 Å². The first-order valence-electron chi connectivity index (χ1n) is 7.65. The van der Waals surface area contributed by atoms with Gasteiger partial charge in [-0.3, -0.25) is 14.6 Å². The van der Waals surface area contributed by atoms with Crippen LogP contribution in [0.25, 0.3) is 0 Å². The smallest absolute Gasteiger partial charge is 0.330 e. The molecule has 134 valence electrons. The van der Waals surface area contributed by atoms with Crippen molar-refractivity contribution in [1.29, 1.82) is 0 Å². The lowest BCUT2D eigenvalue weighted by atomic mass is 10.1. The molecule has 1 aliphatic rings. The molecular formula is C17H14N2O6S. The molecule has 2 aromatic rings. The predicted octanol–water partition coefficient (Wildman–Crippen LogP) is 1.14. The highest BCUT2D eigenvalue weighted by atomic mass is 32.2. The van der Waals surface area contributed by atoms with Gasteiger partial charge in [-0.15, -0.1) is 0 Å². The number of imide groups is 1. The molecule has 0 N–H and O–H groups in total. The van der Waals surface area contributed by atoms with Gasteiger partial charge < -0.3 is 4.84 Å². The summed E-state index contributed by atoms with van der Waals surface area (Å²) in [7, 11) is -3.57. The third-order valence-electron chi connectivity index (χ3n) is 3.68. The number of carbonyl (C=O) groups is 3. The number of sulfone groups is 1. The number of nitrogens with zero attached hydrogens (tertiary/aromatic N) is 2. The monoisotopic (exact) mass is 374 g/mol. The van der Waals surface area contributed by atoms with Gasteiger partial charge in [-0.05, 0) is 23.8 Å². The first kappa shape index (κ1) is 17.7. The minimum atomic E-state index is -3.57. The van der Waals surface area contributed by atoms with Crippen molar-refractivity contribution in [3.05, 3.63) is 65.5 Å². The van der Waals surface area contributed by atoms with Gasteiger partial charge in [0.05, 0.1) is 29.1 Å². The molecule has 26 heavy (non-hydrogen) atoms. The summed E-state index contributed by atoms with van der Waals surface area (Å²) in [5.41, 5.74) is 0.769. The molecule has 0 atom stereocenters. The van der Waals surface area contributed by atoms with Gasteiger partial charge in [0.25, 0.3) is 11.8 Å². The second-order valence-electron chi connectivity index (χ2n) is 5.62. The Balaban J connectivity index is 1.58. The van der Waals surface area contributed by atoms with Crippen LogP contribution in [0, 0.1) is 0 Å². The first-order valence-corrected chi connectivity index (χ1v) is 9.47. The van der Waals surface area contributed by atoms with Gasteiger partial charge in [0.2, 0.25) is 0 Å². The molecule has 2 heterocycles. The average molecular weight is 374 g/mol. The van der Waals surface area contributed by atoms with Crippen molar-refractivity contribution in [2.24, 2.45) is 0 Å². The number of hydrogen-bond acceptors (Lipinski definition) is 7. The van der Waals surface area contributed by atoms with E-state index in [0.29, 0.717) is 10.6 Å². The van der Waals surface area contributed by atoms with Gasteiger partial charge in [-0.1, -0.05) is 23.3 Å². The van der Waals surface area contributed by atoms with Crippen molar-refractivity contribution in [2.45, 2.75) is 12.2 Å². The minimum Gasteiger partial charge on any atom is -0.330 e. The zero-order valence-corrected chi connectivity index (χ0v) is 14.3. The molecule has 1 aromatic heterocycles. The molecule has 9 heteroatoms. The summed E-state index contributed by atoms with van der Waals surface area (Å²) in [5.74, 6) is -3.21. The highest BCUT2D eigenvalue weighted by Crippen LogP contribution is 2.22.